The first kappa shape index (κ1) is 17.2. The average Bonchev–Trinajstić information content (AvgIpc) is 2.35. The second-order valence-corrected chi connectivity index (χ2v) is 5.84. The predicted molar refractivity (Wildman–Crippen MR) is 78.3 cm³/mol. The van der Waals surface area contributed by atoms with E-state index < -0.39 is 11.7 Å². The summed E-state index contributed by atoms with van der Waals surface area (Å²) in [6.45, 7) is 6.06. The number of benzene rings is 1. The molecule has 1 atom stereocenters. The van der Waals surface area contributed by atoms with E-state index >= 15 is 0 Å². The second kappa shape index (κ2) is 6.70. The molecular weight excluding hydrogens is 287 g/mol. The molecule has 0 aliphatic carbocycles. The maximum Gasteiger partial charge on any atom is 0.418 e. The molecule has 0 saturated carbocycles. The van der Waals surface area contributed by atoms with Crippen molar-refractivity contribution in [2.45, 2.75) is 45.3 Å². The summed E-state index contributed by atoms with van der Waals surface area (Å²) in [6, 6.07) is 4.34. The molecule has 0 spiro atoms. The quantitative estimate of drug-likeness (QED) is 0.666. The molecule has 0 bridgehead atoms. The molecule has 0 radical (unpaired) electrons. The van der Waals surface area contributed by atoms with Crippen LogP contribution in [0.3, 0.4) is 0 Å². The van der Waals surface area contributed by atoms with Gasteiger partial charge in [-0.05, 0) is 37.0 Å². The van der Waals surface area contributed by atoms with Crippen LogP contribution in [-0.2, 0) is 12.1 Å². The molecule has 20 heavy (non-hydrogen) atoms. The molecule has 1 unspecified atom stereocenters. The zero-order valence-electron chi connectivity index (χ0n) is 12.3. The number of hydrogen-bond donors (Lipinski definition) is 0. The van der Waals surface area contributed by atoms with E-state index in [2.05, 4.69) is 13.8 Å². The van der Waals surface area contributed by atoms with Crippen molar-refractivity contribution in [3.8, 4) is 0 Å². The lowest BCUT2D eigenvalue weighted by Gasteiger charge is -2.31. The van der Waals surface area contributed by atoms with Gasteiger partial charge in [0.25, 0.3) is 0 Å². The minimum absolute atomic E-state index is 0.0398. The van der Waals surface area contributed by atoms with Crippen molar-refractivity contribution in [3.05, 3.63) is 29.3 Å². The van der Waals surface area contributed by atoms with Crippen LogP contribution in [0.4, 0.5) is 18.9 Å². The Hall–Kier alpha value is -0.900. The van der Waals surface area contributed by atoms with Crippen LogP contribution < -0.4 is 4.90 Å². The molecule has 1 aromatic rings. The predicted octanol–water partition coefficient (Wildman–Crippen LogP) is 5.32. The molecule has 0 aromatic heterocycles. The van der Waals surface area contributed by atoms with E-state index in [0.29, 0.717) is 11.5 Å². The third-order valence-electron chi connectivity index (χ3n) is 3.37. The number of halogens is 4. The molecular formula is C15H21ClF3N. The van der Waals surface area contributed by atoms with Gasteiger partial charge >= 0.3 is 6.18 Å². The van der Waals surface area contributed by atoms with E-state index in [-0.39, 0.29) is 17.6 Å². The van der Waals surface area contributed by atoms with Crippen LogP contribution in [0.2, 0.25) is 0 Å². The Kier molecular flexibility index (Phi) is 5.75. The molecule has 1 nitrogen and oxygen atoms in total. The van der Waals surface area contributed by atoms with Crippen molar-refractivity contribution < 1.29 is 13.2 Å². The van der Waals surface area contributed by atoms with Crippen LogP contribution in [0.15, 0.2) is 18.2 Å². The van der Waals surface area contributed by atoms with Crippen molar-refractivity contribution in [2.24, 2.45) is 5.92 Å². The van der Waals surface area contributed by atoms with Crippen LogP contribution in [0.5, 0.6) is 0 Å². The van der Waals surface area contributed by atoms with Crippen LogP contribution in [0.25, 0.3) is 0 Å². The van der Waals surface area contributed by atoms with Gasteiger partial charge in [-0.3, -0.25) is 0 Å². The highest BCUT2D eigenvalue weighted by molar-refractivity contribution is 6.17. The molecule has 0 amide bonds. The Morgan fingerprint density at radius 1 is 1.20 bits per heavy atom. The summed E-state index contributed by atoms with van der Waals surface area (Å²) in [4.78, 5) is 1.70. The Labute approximate surface area is 123 Å². The van der Waals surface area contributed by atoms with Crippen LogP contribution in [0, 0.1) is 5.92 Å². The van der Waals surface area contributed by atoms with Crippen molar-refractivity contribution in [1.82, 2.24) is 0 Å². The summed E-state index contributed by atoms with van der Waals surface area (Å²) in [5.41, 5.74) is 0.0703. The normalized spacial score (nSPS) is 13.7. The monoisotopic (exact) mass is 307 g/mol. The summed E-state index contributed by atoms with van der Waals surface area (Å²) in [6.07, 6.45) is -3.53. The minimum Gasteiger partial charge on any atom is -0.371 e. The van der Waals surface area contributed by atoms with Gasteiger partial charge in [0.05, 0.1) is 5.56 Å². The van der Waals surface area contributed by atoms with Crippen molar-refractivity contribution in [2.75, 3.05) is 11.9 Å². The minimum atomic E-state index is -4.37. The Morgan fingerprint density at radius 2 is 1.80 bits per heavy atom. The Bertz CT molecular complexity index is 443. The largest absolute Gasteiger partial charge is 0.418 e. The maximum absolute atomic E-state index is 13.2. The fourth-order valence-electron chi connectivity index (χ4n) is 2.28. The number of alkyl halides is 4. The van der Waals surface area contributed by atoms with Gasteiger partial charge < -0.3 is 4.90 Å². The zero-order valence-corrected chi connectivity index (χ0v) is 13.0. The van der Waals surface area contributed by atoms with E-state index in [1.165, 1.54) is 6.07 Å². The molecule has 0 heterocycles. The van der Waals surface area contributed by atoms with Gasteiger partial charge in [-0.2, -0.15) is 13.2 Å². The van der Waals surface area contributed by atoms with Gasteiger partial charge in [-0.25, -0.2) is 0 Å². The second-order valence-electron chi connectivity index (χ2n) is 5.57. The SMILES string of the molecule is CC(C)CC(C)N(C)c1ccc(CCl)cc1C(F)(F)F. The van der Waals surface area contributed by atoms with Gasteiger partial charge in [-0.1, -0.05) is 19.9 Å². The van der Waals surface area contributed by atoms with Crippen molar-refractivity contribution in [3.63, 3.8) is 0 Å². The summed E-state index contributed by atoms with van der Waals surface area (Å²) in [5, 5.41) is 0. The molecule has 0 aliphatic heterocycles. The third-order valence-corrected chi connectivity index (χ3v) is 3.68. The number of anilines is 1. The maximum atomic E-state index is 13.2. The van der Waals surface area contributed by atoms with Gasteiger partial charge in [0, 0.05) is 24.7 Å². The standard InChI is InChI=1S/C15H21ClF3N/c1-10(2)7-11(3)20(4)14-6-5-12(9-16)8-13(14)15(17,18)19/h5-6,8,10-11H,7,9H2,1-4H3. The smallest absolute Gasteiger partial charge is 0.371 e. The molecule has 1 rings (SSSR count). The average molecular weight is 308 g/mol. The molecule has 0 aliphatic rings. The molecule has 5 heteroatoms. The lowest BCUT2D eigenvalue weighted by atomic mass is 10.0. The highest BCUT2D eigenvalue weighted by atomic mass is 35.5. The summed E-state index contributed by atoms with van der Waals surface area (Å²) in [7, 11) is 1.71. The van der Waals surface area contributed by atoms with Crippen LogP contribution in [-0.4, -0.2) is 13.1 Å². The first-order valence-corrected chi connectivity index (χ1v) is 7.19. The summed E-state index contributed by atoms with van der Waals surface area (Å²) >= 11 is 5.63. The molecule has 1 aromatic carbocycles. The van der Waals surface area contributed by atoms with E-state index in [1.54, 1.807) is 18.0 Å². The Balaban J connectivity index is 3.16. The first-order valence-electron chi connectivity index (χ1n) is 6.65. The number of hydrogen-bond acceptors (Lipinski definition) is 1. The van der Waals surface area contributed by atoms with E-state index in [9.17, 15) is 13.2 Å². The van der Waals surface area contributed by atoms with Gasteiger partial charge in [0.1, 0.15) is 0 Å². The summed E-state index contributed by atoms with van der Waals surface area (Å²) in [5.74, 6) is 0.512. The lowest BCUT2D eigenvalue weighted by Crippen LogP contribution is -2.31. The van der Waals surface area contributed by atoms with Gasteiger partial charge in [0.2, 0.25) is 0 Å². The number of nitrogens with zero attached hydrogens (tertiary/aromatic N) is 1. The van der Waals surface area contributed by atoms with Crippen LogP contribution in [0.1, 0.15) is 38.3 Å². The molecule has 0 fully saturated rings. The van der Waals surface area contributed by atoms with E-state index in [4.69, 9.17) is 11.6 Å². The van der Waals surface area contributed by atoms with Gasteiger partial charge in [0.15, 0.2) is 0 Å². The zero-order chi connectivity index (χ0) is 15.5. The number of rotatable bonds is 5. The summed E-state index contributed by atoms with van der Waals surface area (Å²) < 4.78 is 39.5. The van der Waals surface area contributed by atoms with E-state index in [1.807, 2.05) is 6.92 Å². The highest BCUT2D eigenvalue weighted by Gasteiger charge is 2.35. The van der Waals surface area contributed by atoms with E-state index in [0.717, 1.165) is 12.5 Å². The lowest BCUT2D eigenvalue weighted by molar-refractivity contribution is -0.137. The first-order chi connectivity index (χ1) is 9.16. The van der Waals surface area contributed by atoms with Crippen LogP contribution >= 0.6 is 11.6 Å². The van der Waals surface area contributed by atoms with Crippen molar-refractivity contribution >= 4 is 17.3 Å². The topological polar surface area (TPSA) is 3.24 Å². The fraction of sp³-hybridized carbons (Fsp3) is 0.600. The van der Waals surface area contributed by atoms with Gasteiger partial charge in [-0.15, -0.1) is 11.6 Å². The third kappa shape index (κ3) is 4.30. The fourth-order valence-corrected chi connectivity index (χ4v) is 2.44. The molecule has 0 N–H and O–H groups in total. The highest BCUT2D eigenvalue weighted by Crippen LogP contribution is 2.38. The molecule has 0 saturated heterocycles. The molecule has 114 valence electrons. The van der Waals surface area contributed by atoms with Crippen molar-refractivity contribution in [1.29, 1.82) is 0 Å². The Morgan fingerprint density at radius 3 is 2.25 bits per heavy atom.